The summed E-state index contributed by atoms with van der Waals surface area (Å²) < 4.78 is 5.57. The van der Waals surface area contributed by atoms with E-state index in [1.54, 1.807) is 0 Å². The zero-order valence-corrected chi connectivity index (χ0v) is 6.76. The van der Waals surface area contributed by atoms with Gasteiger partial charge in [0.25, 0.3) is 0 Å². The fourth-order valence-corrected chi connectivity index (χ4v) is 1.30. The van der Waals surface area contributed by atoms with Crippen LogP contribution in [0.5, 0.6) is 0 Å². The van der Waals surface area contributed by atoms with Gasteiger partial charge in [-0.15, -0.1) is 0 Å². The molecule has 1 atom stereocenters. The molecule has 0 amide bonds. The van der Waals surface area contributed by atoms with E-state index in [2.05, 4.69) is 24.4 Å². The Morgan fingerprint density at radius 2 is 2.45 bits per heavy atom. The molecule has 2 heteroatoms. The summed E-state index contributed by atoms with van der Waals surface area (Å²) in [4.78, 5) is 0. The summed E-state index contributed by atoms with van der Waals surface area (Å²) in [6.45, 7) is 3.24. The van der Waals surface area contributed by atoms with Gasteiger partial charge in [-0.05, 0) is 25.1 Å². The van der Waals surface area contributed by atoms with E-state index >= 15 is 0 Å². The summed E-state index contributed by atoms with van der Waals surface area (Å²) in [6, 6.07) is 4.64. The Balaban J connectivity index is 2.11. The zero-order chi connectivity index (χ0) is 7.68. The molecule has 1 N–H and O–H groups in total. The molecule has 1 unspecified atom stereocenters. The Labute approximate surface area is 66.6 Å². The molecule has 0 saturated carbocycles. The van der Waals surface area contributed by atoms with Crippen molar-refractivity contribution in [3.63, 3.8) is 0 Å². The van der Waals surface area contributed by atoms with Crippen molar-refractivity contribution in [1.29, 1.82) is 0 Å². The molecule has 1 aliphatic rings. The Morgan fingerprint density at radius 1 is 1.64 bits per heavy atom. The van der Waals surface area contributed by atoms with Gasteiger partial charge in [0.15, 0.2) is 0 Å². The van der Waals surface area contributed by atoms with E-state index in [0.29, 0.717) is 6.04 Å². The van der Waals surface area contributed by atoms with Crippen molar-refractivity contribution in [1.82, 2.24) is 5.32 Å². The van der Waals surface area contributed by atoms with Gasteiger partial charge in [0, 0.05) is 6.42 Å². The van der Waals surface area contributed by atoms with Crippen LogP contribution in [0.15, 0.2) is 16.5 Å². The van der Waals surface area contributed by atoms with Crippen molar-refractivity contribution in [2.45, 2.75) is 25.8 Å². The molecule has 2 heterocycles. The summed E-state index contributed by atoms with van der Waals surface area (Å²) in [5.74, 6) is 2.20. The SMILES string of the molecule is CCc1ccc(C2CCN2)o1. The van der Waals surface area contributed by atoms with Gasteiger partial charge in [-0.1, -0.05) is 6.92 Å². The molecule has 0 aromatic carbocycles. The first-order valence-electron chi connectivity index (χ1n) is 4.22. The lowest BCUT2D eigenvalue weighted by atomic mass is 10.1. The van der Waals surface area contributed by atoms with Crippen LogP contribution in [0.25, 0.3) is 0 Å². The van der Waals surface area contributed by atoms with Gasteiger partial charge in [-0.2, -0.15) is 0 Å². The fraction of sp³-hybridized carbons (Fsp3) is 0.556. The second-order valence-corrected chi connectivity index (χ2v) is 2.95. The van der Waals surface area contributed by atoms with Crippen LogP contribution in [0.3, 0.4) is 0 Å². The Kier molecular flexibility index (Phi) is 1.70. The summed E-state index contributed by atoms with van der Waals surface area (Å²) in [5, 5.41) is 3.31. The van der Waals surface area contributed by atoms with Gasteiger partial charge >= 0.3 is 0 Å². The van der Waals surface area contributed by atoms with E-state index in [1.165, 1.54) is 6.42 Å². The van der Waals surface area contributed by atoms with Crippen LogP contribution in [0.4, 0.5) is 0 Å². The minimum atomic E-state index is 0.496. The van der Waals surface area contributed by atoms with Crippen molar-refractivity contribution >= 4 is 0 Å². The van der Waals surface area contributed by atoms with E-state index in [9.17, 15) is 0 Å². The maximum Gasteiger partial charge on any atom is 0.121 e. The van der Waals surface area contributed by atoms with Gasteiger partial charge in [-0.3, -0.25) is 0 Å². The molecule has 60 valence electrons. The summed E-state index contributed by atoms with van der Waals surface area (Å²) >= 11 is 0. The lowest BCUT2D eigenvalue weighted by Crippen LogP contribution is -2.34. The molecule has 1 aromatic heterocycles. The summed E-state index contributed by atoms with van der Waals surface area (Å²) in [5.41, 5.74) is 0. The molecule has 2 rings (SSSR count). The fourth-order valence-electron chi connectivity index (χ4n) is 1.30. The zero-order valence-electron chi connectivity index (χ0n) is 6.76. The molecule has 0 aliphatic carbocycles. The van der Waals surface area contributed by atoms with Gasteiger partial charge in [0.05, 0.1) is 6.04 Å². The van der Waals surface area contributed by atoms with E-state index in [0.717, 1.165) is 24.5 Å². The molecular weight excluding hydrogens is 138 g/mol. The van der Waals surface area contributed by atoms with Crippen LogP contribution in [0.2, 0.25) is 0 Å². The molecule has 0 bridgehead atoms. The summed E-state index contributed by atoms with van der Waals surface area (Å²) in [6.07, 6.45) is 2.21. The van der Waals surface area contributed by atoms with Crippen molar-refractivity contribution in [2.75, 3.05) is 6.54 Å². The third-order valence-corrected chi connectivity index (χ3v) is 2.20. The van der Waals surface area contributed by atoms with Crippen LogP contribution in [-0.4, -0.2) is 6.54 Å². The molecule has 1 saturated heterocycles. The predicted octanol–water partition coefficient (Wildman–Crippen LogP) is 1.88. The number of hydrogen-bond donors (Lipinski definition) is 1. The molecule has 2 nitrogen and oxygen atoms in total. The average molecular weight is 151 g/mol. The number of aryl methyl sites for hydroxylation is 1. The first-order chi connectivity index (χ1) is 5.40. The molecule has 0 spiro atoms. The van der Waals surface area contributed by atoms with Crippen LogP contribution >= 0.6 is 0 Å². The third kappa shape index (κ3) is 1.18. The third-order valence-electron chi connectivity index (χ3n) is 2.20. The molecule has 0 radical (unpaired) electrons. The average Bonchev–Trinajstić information content (AvgIpc) is 2.32. The molecule has 1 aliphatic heterocycles. The monoisotopic (exact) mass is 151 g/mol. The van der Waals surface area contributed by atoms with Gasteiger partial charge in [-0.25, -0.2) is 0 Å². The van der Waals surface area contributed by atoms with Crippen LogP contribution in [0, 0.1) is 0 Å². The topological polar surface area (TPSA) is 25.2 Å². The minimum Gasteiger partial charge on any atom is -0.464 e. The largest absolute Gasteiger partial charge is 0.464 e. The van der Waals surface area contributed by atoms with E-state index in [-0.39, 0.29) is 0 Å². The van der Waals surface area contributed by atoms with Crippen molar-refractivity contribution in [3.05, 3.63) is 23.7 Å². The van der Waals surface area contributed by atoms with Crippen molar-refractivity contribution in [2.24, 2.45) is 0 Å². The maximum absolute atomic E-state index is 5.57. The highest BCUT2D eigenvalue weighted by molar-refractivity contribution is 5.12. The second kappa shape index (κ2) is 2.70. The predicted molar refractivity (Wildman–Crippen MR) is 43.4 cm³/mol. The van der Waals surface area contributed by atoms with Gasteiger partial charge in [0.1, 0.15) is 11.5 Å². The number of nitrogens with one attached hydrogen (secondary N) is 1. The van der Waals surface area contributed by atoms with Gasteiger partial charge < -0.3 is 9.73 Å². The smallest absolute Gasteiger partial charge is 0.121 e. The molecule has 1 aromatic rings. The lowest BCUT2D eigenvalue weighted by Gasteiger charge is -2.25. The molecular formula is C9H13NO. The number of hydrogen-bond acceptors (Lipinski definition) is 2. The van der Waals surface area contributed by atoms with Crippen molar-refractivity contribution in [3.8, 4) is 0 Å². The Morgan fingerprint density at radius 3 is 2.91 bits per heavy atom. The minimum absolute atomic E-state index is 0.496. The standard InChI is InChI=1S/C9H13NO/c1-2-7-3-4-9(11-7)8-5-6-10-8/h3-4,8,10H,2,5-6H2,1H3. The van der Waals surface area contributed by atoms with Crippen molar-refractivity contribution < 1.29 is 4.42 Å². The van der Waals surface area contributed by atoms with Crippen LogP contribution in [0.1, 0.15) is 30.9 Å². The highest BCUT2D eigenvalue weighted by atomic mass is 16.3. The summed E-state index contributed by atoms with van der Waals surface area (Å²) in [7, 11) is 0. The van der Waals surface area contributed by atoms with Crippen LogP contribution in [-0.2, 0) is 6.42 Å². The molecule has 1 fully saturated rings. The van der Waals surface area contributed by atoms with Gasteiger partial charge in [0.2, 0.25) is 0 Å². The highest BCUT2D eigenvalue weighted by Crippen LogP contribution is 2.24. The second-order valence-electron chi connectivity index (χ2n) is 2.95. The highest BCUT2D eigenvalue weighted by Gasteiger charge is 2.21. The first kappa shape index (κ1) is 6.92. The Bertz CT molecular complexity index is 237. The number of rotatable bonds is 2. The lowest BCUT2D eigenvalue weighted by molar-refractivity contribution is 0.311. The molecule has 11 heavy (non-hydrogen) atoms. The Hall–Kier alpha value is -0.760. The van der Waals surface area contributed by atoms with E-state index in [4.69, 9.17) is 4.42 Å². The maximum atomic E-state index is 5.57. The van der Waals surface area contributed by atoms with Crippen LogP contribution < -0.4 is 5.32 Å². The van der Waals surface area contributed by atoms with E-state index < -0.39 is 0 Å². The normalized spacial score (nSPS) is 23.2. The first-order valence-corrected chi connectivity index (χ1v) is 4.22. The number of furan rings is 1. The van der Waals surface area contributed by atoms with E-state index in [1.807, 2.05) is 0 Å². The quantitative estimate of drug-likeness (QED) is 0.698.